The first-order chi connectivity index (χ1) is 10.8. The molecule has 2 heteroatoms. The van der Waals surface area contributed by atoms with Crippen LogP contribution in [0, 0.1) is 13.8 Å². The van der Waals surface area contributed by atoms with Gasteiger partial charge in [0.05, 0.1) is 5.52 Å². The Bertz CT molecular complexity index is 922. The van der Waals surface area contributed by atoms with E-state index in [4.69, 9.17) is 0 Å². The lowest BCUT2D eigenvalue weighted by Crippen LogP contribution is -2.19. The fourth-order valence-electron chi connectivity index (χ4n) is 3.14. The minimum atomic E-state index is -0.0538. The summed E-state index contributed by atoms with van der Waals surface area (Å²) in [6.07, 6.45) is 1.85. The number of aromatic nitrogens is 1. The highest BCUT2D eigenvalue weighted by Gasteiger charge is 2.17. The Morgan fingerprint density at radius 1 is 0.913 bits per heavy atom. The second-order valence-corrected chi connectivity index (χ2v) is 7.28. The summed E-state index contributed by atoms with van der Waals surface area (Å²) in [5.41, 5.74) is 6.81. The molecule has 0 radical (unpaired) electrons. The van der Waals surface area contributed by atoms with Crippen LogP contribution in [0.4, 0.5) is 0 Å². The topological polar surface area (TPSA) is 21.5 Å². The average molecular weight is 305 g/mol. The van der Waals surface area contributed by atoms with Gasteiger partial charge in [-0.05, 0) is 53.6 Å². The van der Waals surface area contributed by atoms with Gasteiger partial charge in [-0.1, -0.05) is 45.0 Å². The Hall–Kier alpha value is -2.35. The molecule has 23 heavy (non-hydrogen) atoms. The van der Waals surface area contributed by atoms with Crippen molar-refractivity contribution in [2.75, 3.05) is 0 Å². The Labute approximate surface area is 137 Å². The Morgan fingerprint density at radius 3 is 2.17 bits per heavy atom. The van der Waals surface area contributed by atoms with Gasteiger partial charge in [-0.25, -0.2) is 0 Å². The minimum absolute atomic E-state index is 0.0283. The lowest BCUT2D eigenvalue weighted by atomic mass is 9.86. The molecule has 0 amide bonds. The lowest BCUT2D eigenvalue weighted by Gasteiger charge is -2.20. The highest BCUT2D eigenvalue weighted by molar-refractivity contribution is 5.84. The van der Waals surface area contributed by atoms with Crippen LogP contribution in [0.15, 0.2) is 53.5 Å². The Balaban J connectivity index is 2.43. The maximum atomic E-state index is 12.6. The average Bonchev–Trinajstić information content (AvgIpc) is 2.46. The van der Waals surface area contributed by atoms with Crippen molar-refractivity contribution in [1.29, 1.82) is 0 Å². The highest BCUT2D eigenvalue weighted by Crippen LogP contribution is 2.32. The number of hydrogen-bond acceptors (Lipinski definition) is 1. The summed E-state index contributed by atoms with van der Waals surface area (Å²) < 4.78 is 1.75. The van der Waals surface area contributed by atoms with Crippen LogP contribution in [0.25, 0.3) is 16.6 Å². The second-order valence-electron chi connectivity index (χ2n) is 7.28. The first-order valence-electron chi connectivity index (χ1n) is 8.01. The van der Waals surface area contributed by atoms with Gasteiger partial charge in [0.15, 0.2) is 0 Å². The number of pyridine rings is 2. The summed E-state index contributed by atoms with van der Waals surface area (Å²) >= 11 is 0. The van der Waals surface area contributed by atoms with Crippen LogP contribution in [-0.4, -0.2) is 4.40 Å². The second kappa shape index (κ2) is 5.38. The van der Waals surface area contributed by atoms with Gasteiger partial charge >= 0.3 is 0 Å². The lowest BCUT2D eigenvalue weighted by molar-refractivity contribution is 0.589. The van der Waals surface area contributed by atoms with Gasteiger partial charge in [0.25, 0.3) is 5.56 Å². The van der Waals surface area contributed by atoms with Crippen molar-refractivity contribution in [3.05, 3.63) is 75.7 Å². The molecule has 0 unspecified atom stereocenters. The SMILES string of the molecule is Cc1cccc(C)c1-c1cccn2c(=O)cc(C(C)(C)C)cc12. The fraction of sp³-hybridized carbons (Fsp3) is 0.286. The van der Waals surface area contributed by atoms with E-state index in [1.807, 2.05) is 12.3 Å². The number of fused-ring (bicyclic) bond motifs is 1. The molecule has 0 fully saturated rings. The number of hydrogen-bond donors (Lipinski definition) is 0. The molecule has 0 saturated carbocycles. The van der Waals surface area contributed by atoms with Crippen molar-refractivity contribution in [3.8, 4) is 11.1 Å². The monoisotopic (exact) mass is 305 g/mol. The quantitative estimate of drug-likeness (QED) is 0.628. The molecule has 0 aliphatic rings. The van der Waals surface area contributed by atoms with Crippen molar-refractivity contribution in [2.45, 2.75) is 40.0 Å². The molecule has 2 heterocycles. The summed E-state index contributed by atoms with van der Waals surface area (Å²) in [5, 5.41) is 0. The first-order valence-corrected chi connectivity index (χ1v) is 8.01. The molecule has 0 bridgehead atoms. The molecule has 0 spiro atoms. The fourth-order valence-corrected chi connectivity index (χ4v) is 3.14. The largest absolute Gasteiger partial charge is 0.284 e. The van der Waals surface area contributed by atoms with Gasteiger partial charge in [-0.3, -0.25) is 9.20 Å². The Kier molecular flexibility index (Phi) is 3.63. The van der Waals surface area contributed by atoms with E-state index in [2.05, 4.69) is 65.0 Å². The number of aryl methyl sites for hydroxylation is 2. The molecule has 1 aromatic carbocycles. The van der Waals surface area contributed by atoms with E-state index in [1.54, 1.807) is 10.5 Å². The van der Waals surface area contributed by atoms with Gasteiger partial charge in [0.2, 0.25) is 0 Å². The van der Waals surface area contributed by atoms with Crippen LogP contribution in [0.3, 0.4) is 0 Å². The van der Waals surface area contributed by atoms with Crippen molar-refractivity contribution >= 4 is 5.52 Å². The number of rotatable bonds is 1. The molecule has 0 N–H and O–H groups in total. The van der Waals surface area contributed by atoms with E-state index < -0.39 is 0 Å². The molecule has 0 saturated heterocycles. The van der Waals surface area contributed by atoms with Crippen LogP contribution in [0.5, 0.6) is 0 Å². The van der Waals surface area contributed by atoms with Gasteiger partial charge < -0.3 is 0 Å². The molecule has 0 aliphatic heterocycles. The van der Waals surface area contributed by atoms with E-state index in [0.717, 1.165) is 16.6 Å². The van der Waals surface area contributed by atoms with E-state index in [0.29, 0.717) is 0 Å². The molecule has 0 aliphatic carbocycles. The third kappa shape index (κ3) is 2.70. The third-order valence-electron chi connectivity index (χ3n) is 4.46. The molecule has 2 nitrogen and oxygen atoms in total. The van der Waals surface area contributed by atoms with Crippen LogP contribution in [0.1, 0.15) is 37.5 Å². The molecule has 3 rings (SSSR count). The van der Waals surface area contributed by atoms with Crippen molar-refractivity contribution < 1.29 is 0 Å². The maximum Gasteiger partial charge on any atom is 0.255 e. The number of benzene rings is 1. The van der Waals surface area contributed by atoms with E-state index in [9.17, 15) is 4.79 Å². The molecule has 0 atom stereocenters. The van der Waals surface area contributed by atoms with Crippen molar-refractivity contribution in [3.63, 3.8) is 0 Å². The predicted molar refractivity (Wildman–Crippen MR) is 97.3 cm³/mol. The zero-order valence-corrected chi connectivity index (χ0v) is 14.5. The Morgan fingerprint density at radius 2 is 1.57 bits per heavy atom. The maximum absolute atomic E-state index is 12.6. The molecular weight excluding hydrogens is 282 g/mol. The van der Waals surface area contributed by atoms with Crippen molar-refractivity contribution in [2.24, 2.45) is 0 Å². The molecule has 3 aromatic rings. The van der Waals surface area contributed by atoms with Gasteiger partial charge in [-0.15, -0.1) is 0 Å². The van der Waals surface area contributed by atoms with Gasteiger partial charge in [-0.2, -0.15) is 0 Å². The standard InChI is InChI=1S/C21H23NO/c1-14-8-6-9-15(2)20(14)17-10-7-11-22-18(17)12-16(13-19(22)23)21(3,4)5/h6-13H,1-5H3. The van der Waals surface area contributed by atoms with Gasteiger partial charge in [0.1, 0.15) is 0 Å². The van der Waals surface area contributed by atoms with Gasteiger partial charge in [0, 0.05) is 17.8 Å². The third-order valence-corrected chi connectivity index (χ3v) is 4.46. The molecule has 2 aromatic heterocycles. The normalized spacial score (nSPS) is 11.9. The van der Waals surface area contributed by atoms with Crippen LogP contribution in [-0.2, 0) is 5.41 Å². The summed E-state index contributed by atoms with van der Waals surface area (Å²) in [6, 6.07) is 14.3. The predicted octanol–water partition coefficient (Wildman–Crippen LogP) is 4.88. The van der Waals surface area contributed by atoms with Crippen LogP contribution < -0.4 is 5.56 Å². The molecule has 118 valence electrons. The molecular formula is C21H23NO. The number of nitrogens with zero attached hydrogens (tertiary/aromatic N) is 1. The van der Waals surface area contributed by atoms with E-state index in [-0.39, 0.29) is 11.0 Å². The summed E-state index contributed by atoms with van der Waals surface area (Å²) in [5.74, 6) is 0. The zero-order valence-electron chi connectivity index (χ0n) is 14.5. The summed E-state index contributed by atoms with van der Waals surface area (Å²) in [7, 11) is 0. The zero-order chi connectivity index (χ0) is 16.8. The highest BCUT2D eigenvalue weighted by atomic mass is 16.1. The summed E-state index contributed by atoms with van der Waals surface area (Å²) in [4.78, 5) is 12.6. The van der Waals surface area contributed by atoms with Crippen molar-refractivity contribution in [1.82, 2.24) is 4.40 Å². The van der Waals surface area contributed by atoms with E-state index >= 15 is 0 Å². The minimum Gasteiger partial charge on any atom is -0.284 e. The smallest absolute Gasteiger partial charge is 0.255 e. The van der Waals surface area contributed by atoms with E-state index in [1.165, 1.54) is 16.7 Å². The van der Waals surface area contributed by atoms with Crippen LogP contribution >= 0.6 is 0 Å². The van der Waals surface area contributed by atoms with Crippen LogP contribution in [0.2, 0.25) is 0 Å². The first kappa shape index (κ1) is 15.5. The summed E-state index contributed by atoms with van der Waals surface area (Å²) in [6.45, 7) is 10.7.